The van der Waals surface area contributed by atoms with Gasteiger partial charge in [0.15, 0.2) is 12.6 Å². The van der Waals surface area contributed by atoms with E-state index in [9.17, 15) is 28.4 Å². The number of amides is 3. The van der Waals surface area contributed by atoms with Crippen LogP contribution in [-0.4, -0.2) is 54.3 Å². The van der Waals surface area contributed by atoms with Crippen molar-refractivity contribution in [3.8, 4) is 17.1 Å². The zero-order valence-corrected chi connectivity index (χ0v) is 38.5. The van der Waals surface area contributed by atoms with Crippen LogP contribution < -0.4 is 20.7 Å². The van der Waals surface area contributed by atoms with Crippen molar-refractivity contribution in [2.45, 2.75) is 78.7 Å². The van der Waals surface area contributed by atoms with Gasteiger partial charge in [0.25, 0.3) is 5.91 Å². The molecule has 0 saturated carbocycles. The molecule has 1 unspecified atom stereocenters. The SMILES string of the molecule is CCCCC[C@@H](C(=O)NCNC(=O)c1ccc(-c2cc(OCC)cc(P(=O)(OCc3ccccc3)OCc3ccccc3)c2)o1)[C@@H](CC)N(C=O)OCOP(=O)(O)OCc1ccccc1. The standard InChI is InChI=1S/C47H57N3O13P2/c1-4-7-11-24-42(43(5-2)50(34-51)58-35-62-65(55,56)61-32-38-22-16-10-17-23-38)46(52)48-33-49-47(53)45-26-25-44(63-45)39-27-40(57-6-3)29-41(28-39)64(54,59-30-36-18-12-8-13-19-36)60-31-37-20-14-9-15-21-37/h8-10,12-23,25-29,34,42-43H,4-7,11,24,30-33,35H2,1-3H3,(H,48,52)(H,49,53)(H,55,56)/t42-,43-/m1/s1. The zero-order chi connectivity index (χ0) is 46.5. The fourth-order valence-corrected chi connectivity index (χ4v) is 8.87. The molecular weight excluding hydrogens is 876 g/mol. The van der Waals surface area contributed by atoms with Gasteiger partial charge in [0.2, 0.25) is 12.3 Å². The first-order valence-electron chi connectivity index (χ1n) is 21.4. The van der Waals surface area contributed by atoms with Crippen LogP contribution in [0.3, 0.4) is 0 Å². The number of rotatable bonds is 29. The predicted molar refractivity (Wildman–Crippen MR) is 243 cm³/mol. The Morgan fingerprint density at radius 2 is 1.35 bits per heavy atom. The summed E-state index contributed by atoms with van der Waals surface area (Å²) in [5.41, 5.74) is 2.69. The van der Waals surface area contributed by atoms with Crippen LogP contribution in [0.1, 0.15) is 80.1 Å². The maximum absolute atomic E-state index is 14.7. The highest BCUT2D eigenvalue weighted by molar-refractivity contribution is 7.62. The Kier molecular flexibility index (Phi) is 20.2. The molecule has 0 aliphatic carbocycles. The molecule has 1 heterocycles. The van der Waals surface area contributed by atoms with E-state index in [1.165, 1.54) is 6.07 Å². The lowest BCUT2D eigenvalue weighted by atomic mass is 9.90. The number of unbranched alkanes of at least 4 members (excludes halogenated alkanes) is 2. The quantitative estimate of drug-likeness (QED) is 0.0135. The van der Waals surface area contributed by atoms with Crippen LogP contribution >= 0.6 is 15.4 Å². The van der Waals surface area contributed by atoms with Crippen molar-refractivity contribution in [3.63, 3.8) is 0 Å². The Bertz CT molecular complexity index is 2290. The van der Waals surface area contributed by atoms with Crippen molar-refractivity contribution in [3.05, 3.63) is 144 Å². The number of carbonyl (C=O) groups excluding carboxylic acids is 3. The van der Waals surface area contributed by atoms with E-state index in [4.69, 9.17) is 32.1 Å². The van der Waals surface area contributed by atoms with E-state index in [0.717, 1.165) is 29.0 Å². The Morgan fingerprint density at radius 1 is 0.754 bits per heavy atom. The maximum atomic E-state index is 14.7. The first kappa shape index (κ1) is 50.6. The van der Waals surface area contributed by atoms with E-state index in [1.807, 2.05) is 74.5 Å². The first-order valence-corrected chi connectivity index (χ1v) is 24.4. The summed E-state index contributed by atoms with van der Waals surface area (Å²) in [7, 11) is -8.56. The fraction of sp³-hybridized carbons (Fsp3) is 0.340. The molecule has 16 nitrogen and oxygen atoms in total. The lowest BCUT2D eigenvalue weighted by Crippen LogP contribution is -2.48. The van der Waals surface area contributed by atoms with Gasteiger partial charge >= 0.3 is 15.4 Å². The van der Waals surface area contributed by atoms with E-state index >= 15 is 0 Å². The van der Waals surface area contributed by atoms with Crippen LogP contribution in [0, 0.1) is 5.92 Å². The van der Waals surface area contributed by atoms with Gasteiger partial charge in [-0.3, -0.25) is 28.0 Å². The molecule has 65 heavy (non-hydrogen) atoms. The molecule has 1 aromatic heterocycles. The van der Waals surface area contributed by atoms with E-state index in [1.54, 1.807) is 61.5 Å². The summed E-state index contributed by atoms with van der Waals surface area (Å²) in [6, 6.07) is 34.5. The van der Waals surface area contributed by atoms with Crippen LogP contribution in [0.4, 0.5) is 0 Å². The molecule has 3 atom stereocenters. The van der Waals surface area contributed by atoms with E-state index < -0.39 is 46.0 Å². The molecule has 3 N–H and O–H groups in total. The fourth-order valence-electron chi connectivity index (χ4n) is 6.71. The summed E-state index contributed by atoms with van der Waals surface area (Å²) < 4.78 is 61.1. The normalized spacial score (nSPS) is 13.3. The highest BCUT2D eigenvalue weighted by Gasteiger charge is 2.33. The smallest absolute Gasteiger partial charge is 0.474 e. The summed E-state index contributed by atoms with van der Waals surface area (Å²) in [5.74, 6) is -1.30. The van der Waals surface area contributed by atoms with Crippen molar-refractivity contribution in [1.82, 2.24) is 15.7 Å². The third-order valence-corrected chi connectivity index (χ3v) is 12.8. The van der Waals surface area contributed by atoms with Crippen molar-refractivity contribution in [2.75, 3.05) is 20.1 Å². The van der Waals surface area contributed by atoms with Gasteiger partial charge in [0.1, 0.15) is 11.5 Å². The molecule has 5 rings (SSSR count). The summed E-state index contributed by atoms with van der Waals surface area (Å²) in [6.45, 7) is 4.67. The molecule has 0 bridgehead atoms. The minimum Gasteiger partial charge on any atom is -0.494 e. The van der Waals surface area contributed by atoms with Crippen molar-refractivity contribution < 1.29 is 60.5 Å². The second-order valence-corrected chi connectivity index (χ2v) is 18.2. The van der Waals surface area contributed by atoms with Gasteiger partial charge in [0.05, 0.1) is 50.4 Å². The Balaban J connectivity index is 1.24. The van der Waals surface area contributed by atoms with E-state index in [0.29, 0.717) is 42.7 Å². The highest BCUT2D eigenvalue weighted by Crippen LogP contribution is 2.50. The molecular formula is C47H57N3O13P2. The number of phosphoric acid groups is 1. The van der Waals surface area contributed by atoms with Crippen molar-refractivity contribution >= 4 is 38.9 Å². The first-order chi connectivity index (χ1) is 31.5. The van der Waals surface area contributed by atoms with Crippen molar-refractivity contribution in [2.24, 2.45) is 5.92 Å². The topological polar surface area (TPSA) is 201 Å². The monoisotopic (exact) mass is 933 g/mol. The average Bonchev–Trinajstić information content (AvgIpc) is 3.83. The third kappa shape index (κ3) is 15.9. The van der Waals surface area contributed by atoms with E-state index in [2.05, 4.69) is 10.6 Å². The number of nitrogens with one attached hydrogen (secondary N) is 2. The largest absolute Gasteiger partial charge is 0.494 e. The predicted octanol–water partition coefficient (Wildman–Crippen LogP) is 9.06. The molecule has 0 saturated heterocycles. The van der Waals surface area contributed by atoms with Gasteiger partial charge in [-0.15, -0.1) is 0 Å². The lowest BCUT2D eigenvalue weighted by molar-refractivity contribution is -0.221. The Morgan fingerprint density at radius 3 is 1.91 bits per heavy atom. The van der Waals surface area contributed by atoms with E-state index in [-0.39, 0.29) is 49.7 Å². The number of carbonyl (C=O) groups is 3. The number of nitrogens with zero attached hydrogens (tertiary/aromatic N) is 1. The molecule has 0 spiro atoms. The minimum absolute atomic E-state index is 0.0138. The molecule has 0 aliphatic rings. The van der Waals surface area contributed by atoms with Gasteiger partial charge in [0, 0.05) is 5.56 Å². The molecule has 4 aromatic carbocycles. The molecule has 0 fully saturated rings. The Labute approximate surface area is 379 Å². The molecule has 5 aromatic rings. The van der Waals surface area contributed by atoms with Gasteiger partial charge in [-0.1, -0.05) is 124 Å². The molecule has 0 aliphatic heterocycles. The van der Waals surface area contributed by atoms with Crippen LogP contribution in [0.15, 0.2) is 126 Å². The zero-order valence-electron chi connectivity index (χ0n) is 36.7. The Hall–Kier alpha value is -5.41. The minimum atomic E-state index is -4.56. The third-order valence-electron chi connectivity index (χ3n) is 10.1. The molecule has 3 amide bonds. The second kappa shape index (κ2) is 25.9. The van der Waals surface area contributed by atoms with Crippen LogP contribution in [0.25, 0.3) is 11.3 Å². The van der Waals surface area contributed by atoms with Crippen LogP contribution in [-0.2, 0) is 61.5 Å². The maximum Gasteiger partial charge on any atom is 0.474 e. The molecule has 348 valence electrons. The second-order valence-electron chi connectivity index (χ2n) is 14.7. The summed E-state index contributed by atoms with van der Waals surface area (Å²) in [6.07, 6.45) is 3.40. The van der Waals surface area contributed by atoms with Crippen molar-refractivity contribution in [1.29, 1.82) is 0 Å². The average molecular weight is 934 g/mol. The van der Waals surface area contributed by atoms with Gasteiger partial charge in [-0.25, -0.2) is 14.5 Å². The van der Waals surface area contributed by atoms with Gasteiger partial charge in [-0.05, 0) is 66.8 Å². The number of ether oxygens (including phenoxy) is 1. The summed E-state index contributed by atoms with van der Waals surface area (Å²) >= 11 is 0. The highest BCUT2D eigenvalue weighted by atomic mass is 31.2. The molecule has 0 radical (unpaired) electrons. The number of hydroxylamine groups is 2. The lowest BCUT2D eigenvalue weighted by Gasteiger charge is -2.32. The number of hydrogen-bond donors (Lipinski definition) is 3. The summed E-state index contributed by atoms with van der Waals surface area (Å²) in [5, 5.41) is 6.49. The number of hydrogen-bond acceptors (Lipinski definition) is 12. The number of benzene rings is 4. The van der Waals surface area contributed by atoms with Crippen LogP contribution in [0.2, 0.25) is 0 Å². The summed E-state index contributed by atoms with van der Waals surface area (Å²) in [4.78, 5) is 54.9. The van der Waals surface area contributed by atoms with Gasteiger partial charge < -0.3 is 33.7 Å². The number of furan rings is 1. The molecule has 18 heteroatoms. The number of phosphoric ester groups is 1. The van der Waals surface area contributed by atoms with Crippen LogP contribution in [0.5, 0.6) is 5.75 Å². The van der Waals surface area contributed by atoms with Gasteiger partial charge in [-0.2, -0.15) is 0 Å².